The Morgan fingerprint density at radius 3 is 2.50 bits per heavy atom. The number of nitrogens with zero attached hydrogens (tertiary/aromatic N) is 2. The van der Waals surface area contributed by atoms with Crippen molar-refractivity contribution in [3.63, 3.8) is 0 Å². The molecule has 4 aromatic carbocycles. The molecule has 0 N–H and O–H groups in total. The molecule has 1 aromatic heterocycles. The van der Waals surface area contributed by atoms with E-state index in [1.807, 2.05) is 97.1 Å². The normalized spacial score (nSPS) is 14.9. The number of ether oxygens (including phenoxy) is 2. The van der Waals surface area contributed by atoms with Crippen LogP contribution < -0.4 is 19.6 Å². The number of carbonyl (C=O) groups is 1. The third-order valence-electron chi connectivity index (χ3n) is 7.15. The molecule has 0 amide bonds. The van der Waals surface area contributed by atoms with Crippen LogP contribution in [0.25, 0.3) is 16.8 Å². The van der Waals surface area contributed by atoms with Crippen LogP contribution in [-0.2, 0) is 16.1 Å². The van der Waals surface area contributed by atoms with Gasteiger partial charge in [0.2, 0.25) is 0 Å². The van der Waals surface area contributed by atoms with E-state index in [2.05, 4.69) is 0 Å². The van der Waals surface area contributed by atoms with Crippen LogP contribution in [0.4, 0.5) is 0 Å². The molecule has 42 heavy (non-hydrogen) atoms. The van der Waals surface area contributed by atoms with Gasteiger partial charge in [0.15, 0.2) is 4.80 Å². The monoisotopic (exact) mass is 594 g/mol. The van der Waals surface area contributed by atoms with Crippen molar-refractivity contribution in [3.05, 3.63) is 144 Å². The number of fused-ring (bicyclic) bond motifs is 2. The van der Waals surface area contributed by atoms with Crippen LogP contribution in [0, 0.1) is 0 Å². The molecule has 6 rings (SSSR count). The lowest BCUT2D eigenvalue weighted by Gasteiger charge is -2.24. The fourth-order valence-electron chi connectivity index (χ4n) is 5.17. The molecule has 5 aromatic rings. The molecule has 0 saturated carbocycles. The molecular weight excluding hydrogens is 568 g/mol. The number of aromatic nitrogens is 1. The SMILES string of the molecule is CCOC(=O)C1=C(C)N=c2s/c(=C\c3c(OCc4ccc(Cl)cc4)ccc4ccccc34)c(=O)n2[C@@H]1c1ccccc1. The molecule has 1 atom stereocenters. The summed E-state index contributed by atoms with van der Waals surface area (Å²) in [4.78, 5) is 32.5. The summed E-state index contributed by atoms with van der Waals surface area (Å²) in [6.07, 6.45) is 1.87. The first-order chi connectivity index (χ1) is 20.4. The van der Waals surface area contributed by atoms with E-state index >= 15 is 0 Å². The van der Waals surface area contributed by atoms with Gasteiger partial charge in [0.05, 0.1) is 28.5 Å². The Balaban J connectivity index is 1.52. The van der Waals surface area contributed by atoms with Gasteiger partial charge in [0.1, 0.15) is 12.4 Å². The molecular formula is C34H27ClN2O4S. The molecule has 0 radical (unpaired) electrons. The molecule has 2 heterocycles. The number of hydrogen-bond donors (Lipinski definition) is 0. The van der Waals surface area contributed by atoms with Crippen LogP contribution in [0.1, 0.15) is 36.6 Å². The maximum atomic E-state index is 14.1. The number of esters is 1. The second-order valence-electron chi connectivity index (χ2n) is 9.83. The standard InChI is InChI=1S/C34H27ClN2O4S/c1-3-40-33(39)30-21(2)36-34-37(31(30)24-10-5-4-6-11-24)32(38)29(42-34)19-27-26-12-8-7-9-23(26)15-18-28(27)41-20-22-13-16-25(35)17-14-22/h4-19,31H,3,20H2,1-2H3/b29-19-/t31-/m1/s1. The summed E-state index contributed by atoms with van der Waals surface area (Å²) >= 11 is 7.35. The summed E-state index contributed by atoms with van der Waals surface area (Å²) in [5, 5.41) is 2.65. The molecule has 8 heteroatoms. The van der Waals surface area contributed by atoms with Crippen LogP contribution in [0.2, 0.25) is 5.02 Å². The number of rotatable bonds is 7. The lowest BCUT2D eigenvalue weighted by atomic mass is 9.96. The Hall–Kier alpha value is -4.46. The molecule has 6 nitrogen and oxygen atoms in total. The fraction of sp³-hybridized carbons (Fsp3) is 0.147. The molecule has 210 valence electrons. The highest BCUT2D eigenvalue weighted by Gasteiger charge is 2.33. The smallest absolute Gasteiger partial charge is 0.338 e. The summed E-state index contributed by atoms with van der Waals surface area (Å²) < 4.78 is 13.8. The minimum absolute atomic E-state index is 0.224. The van der Waals surface area contributed by atoms with Crippen molar-refractivity contribution < 1.29 is 14.3 Å². The summed E-state index contributed by atoms with van der Waals surface area (Å²) in [6.45, 7) is 4.11. The average Bonchev–Trinajstić information content (AvgIpc) is 3.31. The highest BCUT2D eigenvalue weighted by molar-refractivity contribution is 7.07. The minimum Gasteiger partial charge on any atom is -0.488 e. The van der Waals surface area contributed by atoms with Crippen LogP contribution in [0.3, 0.4) is 0 Å². The largest absolute Gasteiger partial charge is 0.488 e. The molecule has 1 aliphatic rings. The Kier molecular flexibility index (Phi) is 7.78. The summed E-state index contributed by atoms with van der Waals surface area (Å²) in [6, 6.07) is 28.3. The van der Waals surface area contributed by atoms with Crippen LogP contribution >= 0.6 is 22.9 Å². The van der Waals surface area contributed by atoms with Gasteiger partial charge in [0, 0.05) is 10.6 Å². The third kappa shape index (κ3) is 5.29. The second-order valence-corrected chi connectivity index (χ2v) is 11.3. The van der Waals surface area contributed by atoms with Gasteiger partial charge in [-0.05, 0) is 60.0 Å². The molecule has 0 unspecified atom stereocenters. The van der Waals surface area contributed by atoms with E-state index in [9.17, 15) is 9.59 Å². The van der Waals surface area contributed by atoms with Crippen LogP contribution in [0.5, 0.6) is 5.75 Å². The summed E-state index contributed by atoms with van der Waals surface area (Å²) in [5.74, 6) is 0.173. The second kappa shape index (κ2) is 11.8. The van der Waals surface area contributed by atoms with Crippen molar-refractivity contribution in [1.29, 1.82) is 0 Å². The maximum absolute atomic E-state index is 14.1. The van der Waals surface area contributed by atoms with Crippen molar-refractivity contribution in [2.24, 2.45) is 4.99 Å². The lowest BCUT2D eigenvalue weighted by molar-refractivity contribution is -0.139. The highest BCUT2D eigenvalue weighted by atomic mass is 35.5. The van der Waals surface area contributed by atoms with E-state index in [0.29, 0.717) is 38.0 Å². The number of hydrogen-bond acceptors (Lipinski definition) is 6. The fourth-order valence-corrected chi connectivity index (χ4v) is 6.32. The van der Waals surface area contributed by atoms with Gasteiger partial charge in [-0.3, -0.25) is 9.36 Å². The first-order valence-electron chi connectivity index (χ1n) is 13.6. The van der Waals surface area contributed by atoms with Crippen LogP contribution in [-0.4, -0.2) is 17.1 Å². The third-order valence-corrected chi connectivity index (χ3v) is 8.38. The summed E-state index contributed by atoms with van der Waals surface area (Å²) in [5.41, 5.74) is 3.23. The first-order valence-corrected chi connectivity index (χ1v) is 14.8. The zero-order valence-corrected chi connectivity index (χ0v) is 24.6. The lowest BCUT2D eigenvalue weighted by Crippen LogP contribution is -2.39. The number of thiazole rings is 1. The van der Waals surface area contributed by atoms with Gasteiger partial charge in [-0.15, -0.1) is 0 Å². The van der Waals surface area contributed by atoms with E-state index in [1.165, 1.54) is 11.3 Å². The van der Waals surface area contributed by atoms with Gasteiger partial charge in [-0.2, -0.15) is 0 Å². The predicted molar refractivity (Wildman–Crippen MR) is 167 cm³/mol. The average molecular weight is 595 g/mol. The van der Waals surface area contributed by atoms with Crippen molar-refractivity contribution in [3.8, 4) is 5.75 Å². The molecule has 0 fully saturated rings. The Bertz CT molecular complexity index is 2010. The van der Waals surface area contributed by atoms with Gasteiger partial charge >= 0.3 is 5.97 Å². The molecule has 0 aliphatic carbocycles. The molecule has 0 saturated heterocycles. The minimum atomic E-state index is -0.656. The number of allylic oxidation sites excluding steroid dienone is 1. The maximum Gasteiger partial charge on any atom is 0.338 e. The van der Waals surface area contributed by atoms with Crippen LogP contribution in [0.15, 0.2) is 112 Å². The van der Waals surface area contributed by atoms with E-state index < -0.39 is 12.0 Å². The van der Waals surface area contributed by atoms with Gasteiger partial charge in [0.25, 0.3) is 5.56 Å². The van der Waals surface area contributed by atoms with Gasteiger partial charge in [-0.1, -0.05) is 95.7 Å². The van der Waals surface area contributed by atoms with Crippen molar-refractivity contribution in [2.75, 3.05) is 6.61 Å². The van der Waals surface area contributed by atoms with E-state index in [1.54, 1.807) is 18.4 Å². The van der Waals surface area contributed by atoms with Gasteiger partial charge in [-0.25, -0.2) is 9.79 Å². The Labute approximate surface area is 251 Å². The number of carbonyl (C=O) groups excluding carboxylic acids is 1. The Morgan fingerprint density at radius 2 is 1.74 bits per heavy atom. The number of benzene rings is 4. The van der Waals surface area contributed by atoms with Crippen molar-refractivity contribution >= 4 is 45.8 Å². The van der Waals surface area contributed by atoms with E-state index in [0.717, 1.165) is 27.5 Å². The van der Waals surface area contributed by atoms with E-state index in [4.69, 9.17) is 26.1 Å². The predicted octanol–water partition coefficient (Wildman–Crippen LogP) is 6.18. The highest BCUT2D eigenvalue weighted by Crippen LogP contribution is 2.32. The Morgan fingerprint density at radius 1 is 1.00 bits per heavy atom. The zero-order valence-electron chi connectivity index (χ0n) is 23.0. The van der Waals surface area contributed by atoms with Crippen molar-refractivity contribution in [2.45, 2.75) is 26.5 Å². The van der Waals surface area contributed by atoms with Gasteiger partial charge < -0.3 is 9.47 Å². The molecule has 0 spiro atoms. The zero-order chi connectivity index (χ0) is 29.2. The van der Waals surface area contributed by atoms with Crippen molar-refractivity contribution in [1.82, 2.24) is 4.57 Å². The topological polar surface area (TPSA) is 69.9 Å². The quantitative estimate of drug-likeness (QED) is 0.211. The number of halogens is 1. The van der Waals surface area contributed by atoms with E-state index in [-0.39, 0.29) is 12.2 Å². The first kappa shape index (κ1) is 27.7. The molecule has 0 bridgehead atoms. The molecule has 1 aliphatic heterocycles. The summed E-state index contributed by atoms with van der Waals surface area (Å²) in [7, 11) is 0.